The standard InChI is InChI=1S/C40H38N2O2.C22H24Br2N2O2.C18H28B2O4/c1-2-3-4-5-6-13-28-43-36-25-22-34(23-26-36)39-41-42-40(44-39)38-29-35(31-16-11-8-12-17-31)24-27-37(38)33-20-18-32(19-21-33)30-14-9-7-10-15-30;1-2-3-4-5-6-7-14-27-18-11-8-16(9-12-18)21-25-26-22(28-21)19-15-17(23)10-13-20(19)24;1-15(2)16(3,4)22-19(21-15)13-9-11-14(12-10-13)20-23-17(5,6)18(7,8)24-20/h7-12,14-27,29H,2-6,13,28H2,1H3;8-13,15H,2-7,14H2,1H3;9-12H,1-8H3. The van der Waals surface area contributed by atoms with Gasteiger partial charge < -0.3 is 36.9 Å². The maximum atomic E-state index is 6.32. The number of halogens is 2. The van der Waals surface area contributed by atoms with Crippen molar-refractivity contribution in [1.29, 1.82) is 0 Å². The zero-order valence-corrected chi connectivity index (χ0v) is 60.5. The van der Waals surface area contributed by atoms with E-state index in [9.17, 15) is 0 Å². The van der Waals surface area contributed by atoms with Crippen molar-refractivity contribution in [2.24, 2.45) is 0 Å². The van der Waals surface area contributed by atoms with Crippen LogP contribution in [0.25, 0.3) is 79.2 Å². The summed E-state index contributed by atoms with van der Waals surface area (Å²) in [5.74, 6) is 3.67. The summed E-state index contributed by atoms with van der Waals surface area (Å²) in [6.45, 7) is 22.5. The number of ether oxygens (including phenoxy) is 2. The highest BCUT2D eigenvalue weighted by Crippen LogP contribution is 2.40. The maximum absolute atomic E-state index is 6.32. The fourth-order valence-corrected chi connectivity index (χ4v) is 11.9. The van der Waals surface area contributed by atoms with Crippen molar-refractivity contribution in [3.05, 3.63) is 203 Å². The van der Waals surface area contributed by atoms with Crippen LogP contribution in [0.5, 0.6) is 11.5 Å². The van der Waals surface area contributed by atoms with E-state index in [0.29, 0.717) is 23.6 Å². The third kappa shape index (κ3) is 18.6. The Bertz CT molecular complexity index is 3950. The second-order valence-electron chi connectivity index (χ2n) is 26.6. The Morgan fingerprint density at radius 1 is 0.333 bits per heavy atom. The quantitative estimate of drug-likeness (QED) is 0.0398. The number of rotatable bonds is 25. The Hall–Kier alpha value is -7.43. The summed E-state index contributed by atoms with van der Waals surface area (Å²) in [6.07, 6.45) is 15.1. The van der Waals surface area contributed by atoms with E-state index >= 15 is 0 Å². The molecule has 0 aliphatic carbocycles. The molecular weight excluding hydrogens is 1330 g/mol. The van der Waals surface area contributed by atoms with Crippen molar-refractivity contribution in [3.8, 4) is 90.7 Å². The van der Waals surface area contributed by atoms with Gasteiger partial charge in [0.05, 0.1) is 41.2 Å². The molecule has 498 valence electrons. The van der Waals surface area contributed by atoms with Gasteiger partial charge in [-0.15, -0.1) is 20.4 Å². The van der Waals surface area contributed by atoms with Gasteiger partial charge in [0.2, 0.25) is 23.6 Å². The summed E-state index contributed by atoms with van der Waals surface area (Å²) < 4.78 is 50.2. The van der Waals surface area contributed by atoms with Gasteiger partial charge in [0, 0.05) is 25.6 Å². The van der Waals surface area contributed by atoms with Crippen LogP contribution in [0.2, 0.25) is 0 Å². The fourth-order valence-electron chi connectivity index (χ4n) is 11.1. The Labute approximate surface area is 586 Å². The third-order valence-electron chi connectivity index (χ3n) is 18.4. The van der Waals surface area contributed by atoms with Gasteiger partial charge in [-0.05, 0) is 201 Å². The summed E-state index contributed by atoms with van der Waals surface area (Å²) in [5.41, 5.74) is 10.9. The summed E-state index contributed by atoms with van der Waals surface area (Å²) in [6, 6.07) is 65.6. The molecule has 0 spiro atoms. The highest BCUT2D eigenvalue weighted by atomic mass is 79.9. The molecule has 2 aliphatic heterocycles. The molecule has 12 rings (SSSR count). The van der Waals surface area contributed by atoms with Crippen molar-refractivity contribution >= 4 is 57.0 Å². The molecule has 0 amide bonds. The molecule has 2 aromatic heterocycles. The molecule has 8 aromatic carbocycles. The molecule has 2 aliphatic rings. The summed E-state index contributed by atoms with van der Waals surface area (Å²) in [5, 5.41) is 17.3. The maximum Gasteiger partial charge on any atom is 0.494 e. The first-order chi connectivity index (χ1) is 46.3. The minimum Gasteiger partial charge on any atom is -0.494 e. The van der Waals surface area contributed by atoms with Crippen LogP contribution < -0.4 is 20.4 Å². The lowest BCUT2D eigenvalue weighted by Crippen LogP contribution is -2.41. The van der Waals surface area contributed by atoms with E-state index in [0.717, 1.165) is 102 Å². The first-order valence-corrected chi connectivity index (χ1v) is 35.6. The summed E-state index contributed by atoms with van der Waals surface area (Å²) in [7, 11) is -0.690. The van der Waals surface area contributed by atoms with Gasteiger partial charge in [-0.3, -0.25) is 0 Å². The van der Waals surface area contributed by atoms with Crippen LogP contribution in [0.4, 0.5) is 0 Å². The minimum atomic E-state index is -0.345. The Morgan fingerprint density at radius 3 is 1.15 bits per heavy atom. The van der Waals surface area contributed by atoms with Gasteiger partial charge in [-0.25, -0.2) is 0 Å². The van der Waals surface area contributed by atoms with E-state index in [4.69, 9.17) is 36.9 Å². The Balaban J connectivity index is 0.000000167. The molecule has 10 aromatic rings. The molecule has 96 heavy (non-hydrogen) atoms. The van der Waals surface area contributed by atoms with Crippen molar-refractivity contribution < 1.29 is 36.9 Å². The van der Waals surface area contributed by atoms with Gasteiger partial charge in [0.25, 0.3) is 0 Å². The molecule has 2 saturated heterocycles. The molecule has 2 fully saturated rings. The van der Waals surface area contributed by atoms with E-state index in [2.05, 4.69) is 212 Å². The SMILES string of the molecule is CC1(C)OB(c2ccc(B3OC(C)(C)C(C)(C)O3)cc2)OC1(C)C.CCCCCCCCOc1ccc(-c2nnc(-c3cc(-c4ccccc4)ccc3-c3ccc(-c4ccccc4)cc3)o2)cc1.CCCCCCCCOc1ccc(-c2nnc(-c3cc(Br)ccc3Br)o2)cc1. The van der Waals surface area contributed by atoms with E-state index in [-0.39, 0.29) is 36.6 Å². The lowest BCUT2D eigenvalue weighted by atomic mass is 9.74. The van der Waals surface area contributed by atoms with E-state index in [1.807, 2.05) is 103 Å². The highest BCUT2D eigenvalue weighted by molar-refractivity contribution is 9.11. The smallest absolute Gasteiger partial charge is 0.494 e. The van der Waals surface area contributed by atoms with Crippen LogP contribution in [0.3, 0.4) is 0 Å². The lowest BCUT2D eigenvalue weighted by molar-refractivity contribution is 0.00578. The fraction of sp³-hybridized carbons (Fsp3) is 0.350. The average Bonchev–Trinajstić information content (AvgIpc) is 1.67. The molecule has 12 nitrogen and oxygen atoms in total. The lowest BCUT2D eigenvalue weighted by Gasteiger charge is -2.32. The molecule has 0 N–H and O–H groups in total. The number of hydrogen-bond donors (Lipinski definition) is 0. The van der Waals surface area contributed by atoms with Gasteiger partial charge in [0.15, 0.2) is 0 Å². The number of benzene rings is 8. The predicted molar refractivity (Wildman–Crippen MR) is 398 cm³/mol. The second kappa shape index (κ2) is 33.2. The van der Waals surface area contributed by atoms with E-state index in [1.54, 1.807) is 0 Å². The topological polar surface area (TPSA) is 133 Å². The molecule has 4 heterocycles. The van der Waals surface area contributed by atoms with Crippen LogP contribution in [-0.4, -0.2) is 70.2 Å². The molecule has 0 bridgehead atoms. The van der Waals surface area contributed by atoms with Crippen molar-refractivity contribution in [1.82, 2.24) is 20.4 Å². The van der Waals surface area contributed by atoms with Crippen LogP contribution in [0.1, 0.15) is 146 Å². The Kier molecular flexibility index (Phi) is 24.7. The summed E-state index contributed by atoms with van der Waals surface area (Å²) >= 11 is 6.99. The van der Waals surface area contributed by atoms with Gasteiger partial charge in [-0.2, -0.15) is 0 Å². The Morgan fingerprint density at radius 2 is 0.698 bits per heavy atom. The van der Waals surface area contributed by atoms with E-state index < -0.39 is 0 Å². The van der Waals surface area contributed by atoms with E-state index in [1.165, 1.54) is 75.3 Å². The van der Waals surface area contributed by atoms with Crippen molar-refractivity contribution in [3.63, 3.8) is 0 Å². The van der Waals surface area contributed by atoms with Crippen LogP contribution in [-0.2, 0) is 18.6 Å². The third-order valence-corrected chi connectivity index (χ3v) is 19.6. The summed E-state index contributed by atoms with van der Waals surface area (Å²) in [4.78, 5) is 0. The monoisotopic (exact) mass is 1410 g/mol. The number of nitrogens with zero attached hydrogens (tertiary/aromatic N) is 4. The molecule has 0 unspecified atom stereocenters. The van der Waals surface area contributed by atoms with Gasteiger partial charge in [0.1, 0.15) is 11.5 Å². The van der Waals surface area contributed by atoms with Crippen LogP contribution in [0, 0.1) is 0 Å². The first kappa shape index (κ1) is 71.3. The molecule has 0 radical (unpaired) electrons. The highest BCUT2D eigenvalue weighted by Gasteiger charge is 2.53. The van der Waals surface area contributed by atoms with Gasteiger partial charge >= 0.3 is 14.2 Å². The zero-order chi connectivity index (χ0) is 67.7. The van der Waals surface area contributed by atoms with Crippen molar-refractivity contribution in [2.75, 3.05) is 13.2 Å². The molecule has 0 saturated carbocycles. The molecular formula is C80H90B2Br2N4O8. The minimum absolute atomic E-state index is 0.331. The number of hydrogen-bond acceptors (Lipinski definition) is 12. The second-order valence-corrected chi connectivity index (χ2v) is 28.4. The molecule has 0 atom stereocenters. The average molecular weight is 1420 g/mol. The first-order valence-electron chi connectivity index (χ1n) is 34.1. The number of aromatic nitrogens is 4. The molecule has 16 heteroatoms. The van der Waals surface area contributed by atoms with Crippen LogP contribution in [0.15, 0.2) is 212 Å². The predicted octanol–water partition coefficient (Wildman–Crippen LogP) is 21.1. The van der Waals surface area contributed by atoms with Crippen LogP contribution >= 0.6 is 31.9 Å². The van der Waals surface area contributed by atoms with Gasteiger partial charge in [-0.1, -0.05) is 215 Å². The zero-order valence-electron chi connectivity index (χ0n) is 57.3. The normalized spacial score (nSPS) is 15.0. The largest absolute Gasteiger partial charge is 0.494 e. The van der Waals surface area contributed by atoms with Crippen molar-refractivity contribution in [2.45, 2.75) is 169 Å². The number of unbranched alkanes of at least 4 members (excludes halogenated alkanes) is 10.